The number of esters is 1. The van der Waals surface area contributed by atoms with Crippen LogP contribution in [0.1, 0.15) is 41.6 Å². The molecule has 0 radical (unpaired) electrons. The second-order valence-electron chi connectivity index (χ2n) is 5.34. The molecule has 0 saturated heterocycles. The van der Waals surface area contributed by atoms with Gasteiger partial charge in [-0.05, 0) is 37.0 Å². The average Bonchev–Trinajstić information content (AvgIpc) is 2.33. The molecule has 1 fully saturated rings. The predicted octanol–water partition coefficient (Wildman–Crippen LogP) is 2.75. The molecule has 21 heavy (non-hydrogen) atoms. The van der Waals surface area contributed by atoms with Gasteiger partial charge in [-0.25, -0.2) is 18.4 Å². The summed E-state index contributed by atoms with van der Waals surface area (Å²) in [7, 11) is -3.88. The van der Waals surface area contributed by atoms with E-state index in [2.05, 4.69) is 15.9 Å². The number of hydrogen-bond donors (Lipinski definition) is 1. The monoisotopic (exact) mass is 375 g/mol. The van der Waals surface area contributed by atoms with E-state index < -0.39 is 16.0 Å². The minimum Gasteiger partial charge on any atom is -0.462 e. The Morgan fingerprint density at radius 2 is 2.10 bits per heavy atom. The van der Waals surface area contributed by atoms with Gasteiger partial charge in [0.15, 0.2) is 0 Å². The number of carbonyl (C=O) groups excluding carboxylic acids is 1. The van der Waals surface area contributed by atoms with E-state index in [4.69, 9.17) is 9.88 Å². The van der Waals surface area contributed by atoms with Gasteiger partial charge in [-0.3, -0.25) is 0 Å². The van der Waals surface area contributed by atoms with Gasteiger partial charge in [0.1, 0.15) is 0 Å². The van der Waals surface area contributed by atoms with Gasteiger partial charge in [0.05, 0.1) is 17.1 Å². The molecule has 0 unspecified atom stereocenters. The van der Waals surface area contributed by atoms with Crippen molar-refractivity contribution in [3.8, 4) is 0 Å². The molecule has 5 nitrogen and oxygen atoms in total. The summed E-state index contributed by atoms with van der Waals surface area (Å²) < 4.78 is 28.8. The lowest BCUT2D eigenvalue weighted by atomic mass is 9.83. The van der Waals surface area contributed by atoms with E-state index in [0.717, 1.165) is 6.42 Å². The van der Waals surface area contributed by atoms with E-state index in [0.29, 0.717) is 22.6 Å². The molecule has 1 aliphatic rings. The normalized spacial score (nSPS) is 15.6. The van der Waals surface area contributed by atoms with E-state index in [1.165, 1.54) is 25.3 Å². The van der Waals surface area contributed by atoms with Crippen molar-refractivity contribution < 1.29 is 17.9 Å². The Hall–Kier alpha value is -0.920. The fourth-order valence-corrected chi connectivity index (χ4v) is 3.78. The van der Waals surface area contributed by atoms with Crippen molar-refractivity contribution in [1.82, 2.24) is 0 Å². The molecule has 2 rings (SSSR count). The Morgan fingerprint density at radius 1 is 1.43 bits per heavy atom. The van der Waals surface area contributed by atoms with Gasteiger partial charge < -0.3 is 4.74 Å². The lowest BCUT2D eigenvalue weighted by Crippen LogP contribution is -2.18. The number of ether oxygens (including phenoxy) is 1. The summed E-state index contributed by atoms with van der Waals surface area (Å²) in [6.07, 6.45) is 4.51. The predicted molar refractivity (Wildman–Crippen MR) is 82.5 cm³/mol. The molecule has 1 aromatic rings. The van der Waals surface area contributed by atoms with Crippen LogP contribution < -0.4 is 5.14 Å². The van der Waals surface area contributed by atoms with E-state index in [9.17, 15) is 13.2 Å². The summed E-state index contributed by atoms with van der Waals surface area (Å²) >= 11 is 3.19. The van der Waals surface area contributed by atoms with Crippen LogP contribution in [0, 0.1) is 12.8 Å². The molecular weight excluding hydrogens is 358 g/mol. The standard InChI is InChI=1S/C14H18BrNO4S/c1-9-12(7-11(15)8-13(9)21(16,18)19)14(17)20-6-5-10-3-2-4-10/h7-8,10H,2-6H2,1H3,(H2,16,18,19). The molecule has 0 spiro atoms. The zero-order chi connectivity index (χ0) is 15.6. The van der Waals surface area contributed by atoms with Crippen LogP contribution >= 0.6 is 15.9 Å². The summed E-state index contributed by atoms with van der Waals surface area (Å²) in [6, 6.07) is 2.94. The molecule has 116 valence electrons. The molecular formula is C14H18BrNO4S. The Bertz CT molecular complexity index is 653. The van der Waals surface area contributed by atoms with Crippen LogP contribution in [0.5, 0.6) is 0 Å². The SMILES string of the molecule is Cc1c(C(=O)OCCC2CCC2)cc(Br)cc1S(N)(=O)=O. The molecule has 0 aliphatic heterocycles. The first kappa shape index (κ1) is 16.5. The highest BCUT2D eigenvalue weighted by atomic mass is 79.9. The highest BCUT2D eigenvalue weighted by molar-refractivity contribution is 9.10. The Balaban J connectivity index is 2.14. The topological polar surface area (TPSA) is 86.5 Å². The van der Waals surface area contributed by atoms with Crippen LogP contribution in [-0.2, 0) is 14.8 Å². The molecule has 1 aliphatic carbocycles. The van der Waals surface area contributed by atoms with Gasteiger partial charge >= 0.3 is 5.97 Å². The molecule has 0 amide bonds. The number of hydrogen-bond acceptors (Lipinski definition) is 4. The maximum atomic E-state index is 12.1. The van der Waals surface area contributed by atoms with E-state index in [1.54, 1.807) is 13.0 Å². The molecule has 0 atom stereocenters. The summed E-state index contributed by atoms with van der Waals surface area (Å²) in [5, 5.41) is 5.16. The zero-order valence-electron chi connectivity index (χ0n) is 11.8. The Labute approximate surface area is 133 Å². The highest BCUT2D eigenvalue weighted by Gasteiger charge is 2.21. The van der Waals surface area contributed by atoms with Gasteiger partial charge in [-0.2, -0.15) is 0 Å². The fourth-order valence-electron chi connectivity index (χ4n) is 2.34. The van der Waals surface area contributed by atoms with E-state index >= 15 is 0 Å². The first-order chi connectivity index (χ1) is 9.79. The molecule has 1 aromatic carbocycles. The maximum absolute atomic E-state index is 12.1. The van der Waals surface area contributed by atoms with Gasteiger partial charge in [-0.1, -0.05) is 35.2 Å². The molecule has 0 heterocycles. The third-order valence-corrected chi connectivity index (χ3v) is 5.33. The number of primary sulfonamides is 1. The van der Waals surface area contributed by atoms with Crippen LogP contribution in [0.3, 0.4) is 0 Å². The first-order valence-electron chi connectivity index (χ1n) is 6.79. The highest BCUT2D eigenvalue weighted by Crippen LogP contribution is 2.29. The van der Waals surface area contributed by atoms with Crippen LogP contribution in [0.2, 0.25) is 0 Å². The van der Waals surface area contributed by atoms with Gasteiger partial charge in [0, 0.05) is 4.47 Å². The van der Waals surface area contributed by atoms with Crippen LogP contribution in [0.25, 0.3) is 0 Å². The third-order valence-electron chi connectivity index (χ3n) is 3.84. The minimum atomic E-state index is -3.88. The number of carbonyl (C=O) groups is 1. The fraction of sp³-hybridized carbons (Fsp3) is 0.500. The summed E-state index contributed by atoms with van der Waals surface area (Å²) in [5.74, 6) is 0.138. The number of nitrogens with two attached hydrogens (primary N) is 1. The minimum absolute atomic E-state index is 0.0668. The second-order valence-corrected chi connectivity index (χ2v) is 7.79. The number of halogens is 1. The molecule has 0 aromatic heterocycles. The van der Waals surface area contributed by atoms with Crippen molar-refractivity contribution in [2.24, 2.45) is 11.1 Å². The Kier molecular flexibility index (Phi) is 5.06. The van der Waals surface area contributed by atoms with Crippen molar-refractivity contribution in [2.45, 2.75) is 37.5 Å². The average molecular weight is 376 g/mol. The van der Waals surface area contributed by atoms with Crippen molar-refractivity contribution in [3.63, 3.8) is 0 Å². The lowest BCUT2D eigenvalue weighted by Gasteiger charge is -2.24. The van der Waals surface area contributed by atoms with Gasteiger partial charge in [0.2, 0.25) is 10.0 Å². The number of benzene rings is 1. The van der Waals surface area contributed by atoms with Gasteiger partial charge in [-0.15, -0.1) is 0 Å². The van der Waals surface area contributed by atoms with Crippen LogP contribution in [0.15, 0.2) is 21.5 Å². The first-order valence-corrected chi connectivity index (χ1v) is 9.13. The van der Waals surface area contributed by atoms with E-state index in [-0.39, 0.29) is 10.5 Å². The largest absolute Gasteiger partial charge is 0.462 e. The Morgan fingerprint density at radius 3 is 2.62 bits per heavy atom. The molecule has 7 heteroatoms. The van der Waals surface area contributed by atoms with Crippen molar-refractivity contribution >= 4 is 31.9 Å². The van der Waals surface area contributed by atoms with E-state index in [1.807, 2.05) is 0 Å². The molecule has 1 saturated carbocycles. The smallest absolute Gasteiger partial charge is 0.338 e. The number of sulfonamides is 1. The zero-order valence-corrected chi connectivity index (χ0v) is 14.2. The molecule has 2 N–H and O–H groups in total. The van der Waals surface area contributed by atoms with Crippen molar-refractivity contribution in [2.75, 3.05) is 6.61 Å². The summed E-state index contributed by atoms with van der Waals surface area (Å²) in [6.45, 7) is 1.91. The van der Waals surface area contributed by atoms with Crippen molar-refractivity contribution in [1.29, 1.82) is 0 Å². The number of rotatable bonds is 5. The van der Waals surface area contributed by atoms with Crippen molar-refractivity contribution in [3.05, 3.63) is 27.7 Å². The maximum Gasteiger partial charge on any atom is 0.338 e. The van der Waals surface area contributed by atoms with Gasteiger partial charge in [0.25, 0.3) is 0 Å². The van der Waals surface area contributed by atoms with Crippen LogP contribution in [-0.4, -0.2) is 21.0 Å². The lowest BCUT2D eigenvalue weighted by molar-refractivity contribution is 0.0463. The van der Waals surface area contributed by atoms with Crippen LogP contribution in [0.4, 0.5) is 0 Å². The molecule has 0 bridgehead atoms. The second kappa shape index (κ2) is 6.46. The summed E-state index contributed by atoms with van der Waals surface area (Å²) in [5.41, 5.74) is 0.538. The third kappa shape index (κ3) is 4.05. The summed E-state index contributed by atoms with van der Waals surface area (Å²) in [4.78, 5) is 12.0. The quantitative estimate of drug-likeness (QED) is 0.801.